The SMILES string of the molecule is O=C(c1cn[nH]c1-c1ccc(Cl)cc1)N1CCC(Oc2ccc(Cl)cc2)CC1. The van der Waals surface area contributed by atoms with Crippen molar-refractivity contribution in [1.29, 1.82) is 0 Å². The van der Waals surface area contributed by atoms with Gasteiger partial charge in [0.2, 0.25) is 0 Å². The molecule has 2 aromatic carbocycles. The number of nitrogens with zero attached hydrogens (tertiary/aromatic N) is 2. The number of hydrogen-bond acceptors (Lipinski definition) is 3. The highest BCUT2D eigenvalue weighted by Crippen LogP contribution is 2.26. The van der Waals surface area contributed by atoms with Gasteiger partial charge in [-0.25, -0.2) is 0 Å². The van der Waals surface area contributed by atoms with E-state index in [1.165, 1.54) is 0 Å². The molecule has 2 heterocycles. The number of hydrogen-bond donors (Lipinski definition) is 1. The van der Waals surface area contributed by atoms with Gasteiger partial charge >= 0.3 is 0 Å². The molecule has 1 aromatic heterocycles. The van der Waals surface area contributed by atoms with Gasteiger partial charge in [0, 0.05) is 41.5 Å². The van der Waals surface area contributed by atoms with Crippen LogP contribution in [-0.2, 0) is 0 Å². The van der Waals surface area contributed by atoms with Crippen molar-refractivity contribution in [2.75, 3.05) is 13.1 Å². The summed E-state index contributed by atoms with van der Waals surface area (Å²) >= 11 is 11.9. The number of carbonyl (C=O) groups is 1. The van der Waals surface area contributed by atoms with Crippen molar-refractivity contribution in [3.05, 3.63) is 70.3 Å². The second kappa shape index (κ2) is 8.25. The van der Waals surface area contributed by atoms with E-state index in [1.54, 1.807) is 18.3 Å². The third-order valence-corrected chi connectivity index (χ3v) is 5.35. The zero-order valence-electron chi connectivity index (χ0n) is 15.1. The van der Waals surface area contributed by atoms with Gasteiger partial charge in [0.15, 0.2) is 0 Å². The lowest BCUT2D eigenvalue weighted by Crippen LogP contribution is -2.41. The van der Waals surface area contributed by atoms with Crippen molar-refractivity contribution < 1.29 is 9.53 Å². The maximum absolute atomic E-state index is 13.0. The first-order valence-electron chi connectivity index (χ1n) is 9.11. The molecule has 28 heavy (non-hydrogen) atoms. The van der Waals surface area contributed by atoms with Gasteiger partial charge in [-0.2, -0.15) is 5.10 Å². The Bertz CT molecular complexity index is 947. The fourth-order valence-corrected chi connectivity index (χ4v) is 3.59. The first kappa shape index (κ1) is 18.8. The second-order valence-corrected chi connectivity index (χ2v) is 7.60. The summed E-state index contributed by atoms with van der Waals surface area (Å²) in [5.41, 5.74) is 2.16. The minimum Gasteiger partial charge on any atom is -0.490 e. The first-order chi connectivity index (χ1) is 13.6. The van der Waals surface area contributed by atoms with E-state index in [9.17, 15) is 4.79 Å². The Balaban J connectivity index is 1.40. The Morgan fingerprint density at radius 3 is 2.25 bits per heavy atom. The van der Waals surface area contributed by atoms with E-state index in [1.807, 2.05) is 41.3 Å². The highest BCUT2D eigenvalue weighted by Gasteiger charge is 2.27. The fourth-order valence-electron chi connectivity index (χ4n) is 3.34. The molecular formula is C21H19Cl2N3O2. The van der Waals surface area contributed by atoms with E-state index in [0.717, 1.165) is 24.2 Å². The minimum absolute atomic E-state index is 0.0244. The Labute approximate surface area is 173 Å². The summed E-state index contributed by atoms with van der Waals surface area (Å²) in [5.74, 6) is 0.776. The molecular weight excluding hydrogens is 397 g/mol. The molecule has 0 atom stereocenters. The predicted octanol–water partition coefficient (Wildman–Crippen LogP) is 5.07. The maximum atomic E-state index is 13.0. The van der Waals surface area contributed by atoms with Crippen LogP contribution in [-0.4, -0.2) is 40.2 Å². The van der Waals surface area contributed by atoms with E-state index < -0.39 is 0 Å². The van der Waals surface area contributed by atoms with Crippen LogP contribution in [0.4, 0.5) is 0 Å². The van der Waals surface area contributed by atoms with Crippen LogP contribution in [0, 0.1) is 0 Å². The number of ether oxygens (including phenoxy) is 1. The lowest BCUT2D eigenvalue weighted by molar-refractivity contribution is 0.0596. The van der Waals surface area contributed by atoms with E-state index in [2.05, 4.69) is 10.2 Å². The number of aromatic nitrogens is 2. The zero-order valence-corrected chi connectivity index (χ0v) is 16.6. The molecule has 144 valence electrons. The Morgan fingerprint density at radius 1 is 1.00 bits per heavy atom. The fraction of sp³-hybridized carbons (Fsp3) is 0.238. The van der Waals surface area contributed by atoms with Gasteiger partial charge < -0.3 is 9.64 Å². The molecule has 1 aliphatic rings. The molecule has 0 aliphatic carbocycles. The number of rotatable bonds is 4. The van der Waals surface area contributed by atoms with E-state index in [-0.39, 0.29) is 12.0 Å². The number of aromatic amines is 1. The molecule has 0 bridgehead atoms. The second-order valence-electron chi connectivity index (χ2n) is 6.73. The Hall–Kier alpha value is -2.50. The van der Waals surface area contributed by atoms with E-state index in [0.29, 0.717) is 34.4 Å². The molecule has 0 radical (unpaired) electrons. The summed E-state index contributed by atoms with van der Waals surface area (Å²) in [6.07, 6.45) is 3.23. The maximum Gasteiger partial charge on any atom is 0.257 e. The summed E-state index contributed by atoms with van der Waals surface area (Å²) < 4.78 is 6.01. The molecule has 0 saturated carbocycles. The molecule has 3 aromatic rings. The molecule has 1 amide bonds. The molecule has 1 saturated heterocycles. The van der Waals surface area contributed by atoms with Crippen LogP contribution in [0.1, 0.15) is 23.2 Å². The van der Waals surface area contributed by atoms with Gasteiger partial charge in [0.05, 0.1) is 17.5 Å². The van der Waals surface area contributed by atoms with Crippen LogP contribution in [0.15, 0.2) is 54.7 Å². The summed E-state index contributed by atoms with van der Waals surface area (Å²) in [4.78, 5) is 14.9. The van der Waals surface area contributed by atoms with Gasteiger partial charge in [-0.3, -0.25) is 9.89 Å². The number of carbonyl (C=O) groups excluding carboxylic acids is 1. The monoisotopic (exact) mass is 415 g/mol. The van der Waals surface area contributed by atoms with Crippen LogP contribution >= 0.6 is 23.2 Å². The minimum atomic E-state index is -0.0244. The lowest BCUT2D eigenvalue weighted by atomic mass is 10.0. The standard InChI is InChI=1S/C21H19Cl2N3O2/c22-15-3-1-14(2-4-15)20-19(13-24-25-20)21(27)26-11-9-18(10-12-26)28-17-7-5-16(23)6-8-17/h1-8,13,18H,9-12H2,(H,24,25). The van der Waals surface area contributed by atoms with Gasteiger partial charge in [-0.15, -0.1) is 0 Å². The van der Waals surface area contributed by atoms with Crippen molar-refractivity contribution in [1.82, 2.24) is 15.1 Å². The van der Waals surface area contributed by atoms with Crippen LogP contribution in [0.5, 0.6) is 5.75 Å². The molecule has 0 spiro atoms. The van der Waals surface area contributed by atoms with E-state index >= 15 is 0 Å². The van der Waals surface area contributed by atoms with Crippen LogP contribution in [0.2, 0.25) is 10.0 Å². The van der Waals surface area contributed by atoms with Gasteiger partial charge in [0.1, 0.15) is 11.9 Å². The molecule has 1 aliphatic heterocycles. The normalized spacial score (nSPS) is 14.9. The molecule has 1 N–H and O–H groups in total. The number of piperidine rings is 1. The van der Waals surface area contributed by atoms with Gasteiger partial charge in [-0.1, -0.05) is 35.3 Å². The van der Waals surface area contributed by atoms with Crippen molar-refractivity contribution >= 4 is 29.1 Å². The summed E-state index contributed by atoms with van der Waals surface area (Å²) in [6.45, 7) is 1.28. The number of amides is 1. The summed E-state index contributed by atoms with van der Waals surface area (Å²) in [7, 11) is 0. The largest absolute Gasteiger partial charge is 0.490 e. The zero-order chi connectivity index (χ0) is 19.5. The third kappa shape index (κ3) is 4.16. The molecule has 0 unspecified atom stereocenters. The predicted molar refractivity (Wildman–Crippen MR) is 110 cm³/mol. The van der Waals surface area contributed by atoms with Crippen molar-refractivity contribution in [3.8, 4) is 17.0 Å². The Morgan fingerprint density at radius 2 is 1.61 bits per heavy atom. The summed E-state index contributed by atoms with van der Waals surface area (Å²) in [5, 5.41) is 8.34. The number of likely N-dealkylation sites (tertiary alicyclic amines) is 1. The first-order valence-corrected chi connectivity index (χ1v) is 9.86. The number of nitrogens with one attached hydrogen (secondary N) is 1. The molecule has 7 heteroatoms. The molecule has 1 fully saturated rings. The highest BCUT2D eigenvalue weighted by molar-refractivity contribution is 6.30. The van der Waals surface area contributed by atoms with Crippen molar-refractivity contribution in [2.45, 2.75) is 18.9 Å². The van der Waals surface area contributed by atoms with Gasteiger partial charge in [0.25, 0.3) is 5.91 Å². The topological polar surface area (TPSA) is 58.2 Å². The number of benzene rings is 2. The quantitative estimate of drug-likeness (QED) is 0.646. The average Bonchev–Trinajstić information content (AvgIpc) is 3.20. The van der Waals surface area contributed by atoms with Crippen LogP contribution < -0.4 is 4.74 Å². The van der Waals surface area contributed by atoms with Crippen molar-refractivity contribution in [2.24, 2.45) is 0 Å². The smallest absolute Gasteiger partial charge is 0.257 e. The van der Waals surface area contributed by atoms with Gasteiger partial charge in [-0.05, 0) is 36.4 Å². The number of H-pyrrole nitrogens is 1. The lowest BCUT2D eigenvalue weighted by Gasteiger charge is -2.32. The van der Waals surface area contributed by atoms with Crippen LogP contribution in [0.25, 0.3) is 11.3 Å². The average molecular weight is 416 g/mol. The third-order valence-electron chi connectivity index (χ3n) is 4.85. The summed E-state index contributed by atoms with van der Waals surface area (Å²) in [6, 6.07) is 14.7. The molecule has 4 rings (SSSR count). The molecule has 5 nitrogen and oxygen atoms in total. The van der Waals surface area contributed by atoms with Crippen LogP contribution in [0.3, 0.4) is 0 Å². The Kier molecular flexibility index (Phi) is 5.55. The van der Waals surface area contributed by atoms with E-state index in [4.69, 9.17) is 27.9 Å². The number of halogens is 2. The highest BCUT2D eigenvalue weighted by atomic mass is 35.5. The van der Waals surface area contributed by atoms with Crippen molar-refractivity contribution in [3.63, 3.8) is 0 Å².